The van der Waals surface area contributed by atoms with Gasteiger partial charge in [0.2, 0.25) is 0 Å². The Kier molecular flexibility index (Phi) is 6.12. The molecule has 0 spiro atoms. The maximum atomic E-state index is 13.1. The average molecular weight is 381 g/mol. The van der Waals surface area contributed by atoms with Crippen molar-refractivity contribution in [1.29, 1.82) is 0 Å². The maximum Gasteiger partial charge on any atom is 0.342 e. The molecule has 1 aliphatic rings. The summed E-state index contributed by atoms with van der Waals surface area (Å²) in [6.45, 7) is 8.73. The predicted molar refractivity (Wildman–Crippen MR) is 113 cm³/mol. The van der Waals surface area contributed by atoms with E-state index in [9.17, 15) is 4.79 Å². The summed E-state index contributed by atoms with van der Waals surface area (Å²) in [5.74, 6) is 1.14. The highest BCUT2D eigenvalue weighted by molar-refractivity contribution is 5.94. The van der Waals surface area contributed by atoms with E-state index in [0.29, 0.717) is 17.2 Å². The summed E-state index contributed by atoms with van der Waals surface area (Å²) in [4.78, 5) is 13.1. The molecule has 3 rings (SSSR count). The topological polar surface area (TPSA) is 35.5 Å². The monoisotopic (exact) mass is 380 g/mol. The van der Waals surface area contributed by atoms with Gasteiger partial charge in [-0.05, 0) is 48.3 Å². The minimum Gasteiger partial charge on any atom is -0.496 e. The summed E-state index contributed by atoms with van der Waals surface area (Å²) in [6.07, 6.45) is 3.03. The van der Waals surface area contributed by atoms with E-state index in [0.717, 1.165) is 18.4 Å². The lowest BCUT2D eigenvalue weighted by atomic mass is 9.64. The Morgan fingerprint density at radius 3 is 2.43 bits per heavy atom. The van der Waals surface area contributed by atoms with E-state index in [1.165, 1.54) is 12.0 Å². The van der Waals surface area contributed by atoms with Crippen LogP contribution in [0.4, 0.5) is 0 Å². The molecule has 0 N–H and O–H groups in total. The minimum absolute atomic E-state index is 0.0673. The van der Waals surface area contributed by atoms with Crippen molar-refractivity contribution in [2.45, 2.75) is 58.5 Å². The molecule has 0 aromatic heterocycles. The van der Waals surface area contributed by atoms with Crippen molar-refractivity contribution >= 4 is 5.97 Å². The largest absolute Gasteiger partial charge is 0.496 e. The van der Waals surface area contributed by atoms with Crippen LogP contribution in [0.25, 0.3) is 0 Å². The predicted octanol–water partition coefficient (Wildman–Crippen LogP) is 5.94. The molecule has 3 heteroatoms. The van der Waals surface area contributed by atoms with Gasteiger partial charge in [0.05, 0.1) is 7.11 Å². The quantitative estimate of drug-likeness (QED) is 0.602. The number of methoxy groups -OCH3 is 1. The number of ether oxygens (including phenoxy) is 2. The molecule has 2 aromatic carbocycles. The lowest BCUT2D eigenvalue weighted by Gasteiger charge is -2.44. The normalized spacial score (nSPS) is 22.5. The number of carbonyl (C=O) groups excluding carboxylic acids is 1. The van der Waals surface area contributed by atoms with Crippen LogP contribution in [0, 0.1) is 18.8 Å². The third-order valence-electron chi connectivity index (χ3n) is 6.42. The number of hydrogen-bond donors (Lipinski definition) is 0. The van der Waals surface area contributed by atoms with Crippen LogP contribution in [-0.4, -0.2) is 19.2 Å². The lowest BCUT2D eigenvalue weighted by molar-refractivity contribution is -0.0239. The summed E-state index contributed by atoms with van der Waals surface area (Å²) < 4.78 is 11.6. The van der Waals surface area contributed by atoms with Crippen molar-refractivity contribution in [3.05, 3.63) is 65.2 Å². The number of esters is 1. The molecule has 0 radical (unpaired) electrons. The van der Waals surface area contributed by atoms with Crippen LogP contribution in [0.1, 0.15) is 61.5 Å². The van der Waals surface area contributed by atoms with E-state index in [1.54, 1.807) is 7.11 Å². The van der Waals surface area contributed by atoms with Crippen molar-refractivity contribution in [1.82, 2.24) is 0 Å². The van der Waals surface area contributed by atoms with Gasteiger partial charge >= 0.3 is 5.97 Å². The van der Waals surface area contributed by atoms with Gasteiger partial charge in [-0.1, -0.05) is 69.7 Å². The van der Waals surface area contributed by atoms with Crippen molar-refractivity contribution in [2.24, 2.45) is 11.8 Å². The van der Waals surface area contributed by atoms with Crippen molar-refractivity contribution in [2.75, 3.05) is 7.11 Å². The summed E-state index contributed by atoms with van der Waals surface area (Å²) in [5.41, 5.74) is 2.65. The Morgan fingerprint density at radius 1 is 1.04 bits per heavy atom. The van der Waals surface area contributed by atoms with E-state index in [2.05, 4.69) is 45.0 Å². The fourth-order valence-electron chi connectivity index (χ4n) is 4.64. The molecule has 3 atom stereocenters. The molecule has 1 aliphatic carbocycles. The summed E-state index contributed by atoms with van der Waals surface area (Å²) in [6, 6.07) is 16.2. The molecule has 0 aliphatic heterocycles. The highest BCUT2D eigenvalue weighted by Crippen LogP contribution is 2.44. The van der Waals surface area contributed by atoms with E-state index < -0.39 is 0 Å². The molecule has 0 saturated heterocycles. The average Bonchev–Trinajstić information content (AvgIpc) is 2.68. The van der Waals surface area contributed by atoms with E-state index in [4.69, 9.17) is 9.47 Å². The summed E-state index contributed by atoms with van der Waals surface area (Å²) in [5, 5.41) is 0. The van der Waals surface area contributed by atoms with Gasteiger partial charge in [-0.15, -0.1) is 0 Å². The van der Waals surface area contributed by atoms with Gasteiger partial charge in [-0.2, -0.15) is 0 Å². The third-order valence-corrected chi connectivity index (χ3v) is 6.42. The number of rotatable bonds is 5. The van der Waals surface area contributed by atoms with Gasteiger partial charge in [0.1, 0.15) is 17.4 Å². The van der Waals surface area contributed by atoms with E-state index in [-0.39, 0.29) is 23.4 Å². The maximum absolute atomic E-state index is 13.1. The standard InChI is InChI=1S/C25H32O3/c1-17-14-15-20(25(3,4)19-11-7-6-8-12-19)22(16-17)28-24(26)23-18(2)10-9-13-21(23)27-5/h6-13,17,20,22H,14-16H2,1-5H3/t17-,20-,22-/m1/s1. The van der Waals surface area contributed by atoms with Crippen molar-refractivity contribution in [3.63, 3.8) is 0 Å². The molecule has 0 amide bonds. The van der Waals surface area contributed by atoms with Crippen LogP contribution in [0.2, 0.25) is 0 Å². The van der Waals surface area contributed by atoms with Crippen molar-refractivity contribution in [3.8, 4) is 5.75 Å². The molecule has 0 unspecified atom stereocenters. The molecule has 28 heavy (non-hydrogen) atoms. The Labute approximate surface area is 169 Å². The number of aryl methyl sites for hydroxylation is 1. The SMILES string of the molecule is COc1cccc(C)c1C(=O)O[C@@H]1C[C@H](C)CC[C@H]1C(C)(C)c1ccccc1. The van der Waals surface area contributed by atoms with Gasteiger partial charge in [0, 0.05) is 5.92 Å². The first-order chi connectivity index (χ1) is 13.3. The Balaban J connectivity index is 1.89. The summed E-state index contributed by atoms with van der Waals surface area (Å²) >= 11 is 0. The van der Waals surface area contributed by atoms with Crippen LogP contribution >= 0.6 is 0 Å². The minimum atomic E-state index is -0.275. The van der Waals surface area contributed by atoms with Crippen LogP contribution in [0.3, 0.4) is 0 Å². The van der Waals surface area contributed by atoms with Crippen LogP contribution in [0.5, 0.6) is 5.75 Å². The third kappa shape index (κ3) is 4.09. The Bertz CT molecular complexity index is 810. The zero-order valence-corrected chi connectivity index (χ0v) is 17.7. The molecule has 1 saturated carbocycles. The molecule has 3 nitrogen and oxygen atoms in total. The molecule has 0 heterocycles. The first-order valence-electron chi connectivity index (χ1n) is 10.2. The second kappa shape index (κ2) is 8.38. The molecular formula is C25H32O3. The highest BCUT2D eigenvalue weighted by atomic mass is 16.5. The fraction of sp³-hybridized carbons (Fsp3) is 0.480. The van der Waals surface area contributed by atoms with Gasteiger partial charge < -0.3 is 9.47 Å². The smallest absolute Gasteiger partial charge is 0.342 e. The molecule has 1 fully saturated rings. The van der Waals surface area contributed by atoms with E-state index >= 15 is 0 Å². The van der Waals surface area contributed by atoms with Gasteiger partial charge in [-0.25, -0.2) is 4.79 Å². The van der Waals surface area contributed by atoms with Gasteiger partial charge in [0.25, 0.3) is 0 Å². The number of carbonyl (C=O) groups is 1. The Morgan fingerprint density at radius 2 is 1.75 bits per heavy atom. The van der Waals surface area contributed by atoms with Gasteiger partial charge in [0.15, 0.2) is 0 Å². The summed E-state index contributed by atoms with van der Waals surface area (Å²) in [7, 11) is 1.59. The van der Waals surface area contributed by atoms with E-state index in [1.807, 2.05) is 31.2 Å². The molecule has 0 bridgehead atoms. The highest BCUT2D eigenvalue weighted by Gasteiger charge is 2.42. The molecule has 150 valence electrons. The fourth-order valence-corrected chi connectivity index (χ4v) is 4.64. The van der Waals surface area contributed by atoms with Crippen molar-refractivity contribution < 1.29 is 14.3 Å². The van der Waals surface area contributed by atoms with Gasteiger partial charge in [-0.3, -0.25) is 0 Å². The second-order valence-electron chi connectivity index (χ2n) is 8.71. The number of hydrogen-bond acceptors (Lipinski definition) is 3. The number of benzene rings is 2. The van der Waals surface area contributed by atoms with Crippen LogP contribution in [-0.2, 0) is 10.2 Å². The second-order valence-corrected chi connectivity index (χ2v) is 8.71. The lowest BCUT2D eigenvalue weighted by Crippen LogP contribution is -2.43. The Hall–Kier alpha value is -2.29. The molecular weight excluding hydrogens is 348 g/mol. The zero-order valence-electron chi connectivity index (χ0n) is 17.7. The van der Waals surface area contributed by atoms with Crippen LogP contribution in [0.15, 0.2) is 48.5 Å². The first-order valence-corrected chi connectivity index (χ1v) is 10.2. The zero-order chi connectivity index (χ0) is 20.3. The first kappa shape index (κ1) is 20.4. The van der Waals surface area contributed by atoms with Crippen LogP contribution < -0.4 is 4.74 Å². The molecule has 2 aromatic rings.